The van der Waals surface area contributed by atoms with E-state index in [2.05, 4.69) is 23.0 Å². The van der Waals surface area contributed by atoms with Crippen LogP contribution in [0, 0.1) is 5.92 Å². The van der Waals surface area contributed by atoms with Gasteiger partial charge in [0, 0.05) is 38.0 Å². The number of hydrogen-bond acceptors (Lipinski definition) is 4. The van der Waals surface area contributed by atoms with Crippen LogP contribution in [0.4, 0.5) is 5.82 Å². The fourth-order valence-corrected chi connectivity index (χ4v) is 2.51. The van der Waals surface area contributed by atoms with Crippen LogP contribution in [0.2, 0.25) is 0 Å². The summed E-state index contributed by atoms with van der Waals surface area (Å²) in [4.78, 5) is 6.68. The lowest BCUT2D eigenvalue weighted by atomic mass is 10.0. The van der Waals surface area contributed by atoms with Gasteiger partial charge in [0.05, 0.1) is 6.61 Å². The second-order valence-corrected chi connectivity index (χ2v) is 5.17. The van der Waals surface area contributed by atoms with Gasteiger partial charge >= 0.3 is 0 Å². The van der Waals surface area contributed by atoms with Crippen molar-refractivity contribution in [3.63, 3.8) is 0 Å². The van der Waals surface area contributed by atoms with Crippen LogP contribution in [-0.4, -0.2) is 31.8 Å². The van der Waals surface area contributed by atoms with Gasteiger partial charge in [0.2, 0.25) is 0 Å². The lowest BCUT2D eigenvalue weighted by molar-refractivity contribution is 0.0576. The number of nitrogens with zero attached hydrogens (tertiary/aromatic N) is 2. The van der Waals surface area contributed by atoms with Gasteiger partial charge in [-0.25, -0.2) is 4.98 Å². The van der Waals surface area contributed by atoms with Gasteiger partial charge in [-0.05, 0) is 31.7 Å². The molecule has 0 bridgehead atoms. The highest BCUT2D eigenvalue weighted by atomic mass is 16.5. The Hall–Kier alpha value is -1.13. The molecule has 0 saturated carbocycles. The first-order valence-corrected chi connectivity index (χ1v) is 6.68. The molecule has 0 radical (unpaired) electrons. The van der Waals surface area contributed by atoms with E-state index in [1.54, 1.807) is 0 Å². The molecule has 2 rings (SSSR count). The number of rotatable bonds is 4. The molecule has 4 nitrogen and oxygen atoms in total. The lowest BCUT2D eigenvalue weighted by Crippen LogP contribution is -2.32. The molecule has 2 atom stereocenters. The van der Waals surface area contributed by atoms with Crippen LogP contribution in [0.5, 0.6) is 0 Å². The highest BCUT2D eigenvalue weighted by Gasteiger charge is 2.18. The van der Waals surface area contributed by atoms with Crippen LogP contribution in [0.15, 0.2) is 18.3 Å². The molecule has 0 aromatic carbocycles. The van der Waals surface area contributed by atoms with E-state index >= 15 is 0 Å². The quantitative estimate of drug-likeness (QED) is 0.886. The van der Waals surface area contributed by atoms with Crippen molar-refractivity contribution in [3.8, 4) is 0 Å². The zero-order chi connectivity index (χ0) is 13.0. The summed E-state index contributed by atoms with van der Waals surface area (Å²) in [6.07, 6.45) is 4.24. The Morgan fingerprint density at radius 1 is 1.61 bits per heavy atom. The molecular weight excluding hydrogens is 226 g/mol. The molecule has 0 amide bonds. The van der Waals surface area contributed by atoms with Crippen LogP contribution in [0.1, 0.15) is 31.4 Å². The second-order valence-electron chi connectivity index (χ2n) is 5.17. The maximum absolute atomic E-state index is 5.99. The van der Waals surface area contributed by atoms with E-state index < -0.39 is 0 Å². The van der Waals surface area contributed by atoms with Gasteiger partial charge in [-0.1, -0.05) is 6.07 Å². The number of pyridine rings is 1. The molecule has 100 valence electrons. The summed E-state index contributed by atoms with van der Waals surface area (Å²) in [5.41, 5.74) is 7.10. The molecule has 18 heavy (non-hydrogen) atoms. The third-order valence-electron chi connectivity index (χ3n) is 3.46. The first kappa shape index (κ1) is 13.3. The van der Waals surface area contributed by atoms with Crippen molar-refractivity contribution in [2.75, 3.05) is 31.7 Å². The van der Waals surface area contributed by atoms with Gasteiger partial charge in [0.1, 0.15) is 5.82 Å². The maximum atomic E-state index is 5.99. The first-order chi connectivity index (χ1) is 8.68. The zero-order valence-electron chi connectivity index (χ0n) is 11.3. The highest BCUT2D eigenvalue weighted by Crippen LogP contribution is 2.23. The molecule has 0 spiro atoms. The van der Waals surface area contributed by atoms with E-state index in [9.17, 15) is 0 Å². The number of ether oxygens (including phenoxy) is 1. The van der Waals surface area contributed by atoms with Gasteiger partial charge in [0.25, 0.3) is 0 Å². The van der Waals surface area contributed by atoms with Gasteiger partial charge in [-0.3, -0.25) is 0 Å². The fraction of sp³-hybridized carbons (Fsp3) is 0.643. The van der Waals surface area contributed by atoms with Gasteiger partial charge < -0.3 is 15.4 Å². The summed E-state index contributed by atoms with van der Waals surface area (Å²) >= 11 is 0. The number of aromatic nitrogens is 1. The van der Waals surface area contributed by atoms with Crippen molar-refractivity contribution < 1.29 is 4.74 Å². The van der Waals surface area contributed by atoms with E-state index in [-0.39, 0.29) is 6.04 Å². The van der Waals surface area contributed by atoms with Crippen molar-refractivity contribution in [2.24, 2.45) is 11.7 Å². The molecule has 4 heteroatoms. The molecule has 2 heterocycles. The summed E-state index contributed by atoms with van der Waals surface area (Å²) in [5.74, 6) is 1.60. The minimum absolute atomic E-state index is 0.0127. The average molecular weight is 249 g/mol. The molecular formula is C14H23N3O. The molecule has 1 aromatic heterocycles. The Balaban J connectivity index is 2.05. The van der Waals surface area contributed by atoms with Gasteiger partial charge in [-0.2, -0.15) is 0 Å². The highest BCUT2D eigenvalue weighted by molar-refractivity contribution is 5.47. The summed E-state index contributed by atoms with van der Waals surface area (Å²) in [5, 5.41) is 0. The lowest BCUT2D eigenvalue weighted by Gasteiger charge is -2.29. The zero-order valence-corrected chi connectivity index (χ0v) is 11.3. The van der Waals surface area contributed by atoms with Crippen LogP contribution in [0.3, 0.4) is 0 Å². The van der Waals surface area contributed by atoms with E-state index in [1.165, 1.54) is 12.8 Å². The molecule has 1 fully saturated rings. The van der Waals surface area contributed by atoms with E-state index in [4.69, 9.17) is 10.5 Å². The van der Waals surface area contributed by atoms with Crippen LogP contribution in [0.25, 0.3) is 0 Å². The van der Waals surface area contributed by atoms with Gasteiger partial charge in [-0.15, -0.1) is 0 Å². The monoisotopic (exact) mass is 249 g/mol. The predicted octanol–water partition coefficient (Wildman–Crippen LogP) is 1.96. The number of anilines is 1. The molecule has 1 aliphatic heterocycles. The third kappa shape index (κ3) is 3.21. The van der Waals surface area contributed by atoms with Crippen molar-refractivity contribution in [2.45, 2.75) is 25.8 Å². The van der Waals surface area contributed by atoms with Crippen LogP contribution >= 0.6 is 0 Å². The summed E-state index contributed by atoms with van der Waals surface area (Å²) in [7, 11) is 2.09. The Kier molecular flexibility index (Phi) is 4.55. The van der Waals surface area contributed by atoms with Crippen molar-refractivity contribution in [1.82, 2.24) is 4.98 Å². The smallest absolute Gasteiger partial charge is 0.133 e. The van der Waals surface area contributed by atoms with E-state index in [1.807, 2.05) is 19.2 Å². The predicted molar refractivity (Wildman–Crippen MR) is 73.7 cm³/mol. The Morgan fingerprint density at radius 2 is 2.44 bits per heavy atom. The van der Waals surface area contributed by atoms with Crippen LogP contribution in [-0.2, 0) is 4.74 Å². The first-order valence-electron chi connectivity index (χ1n) is 6.68. The van der Waals surface area contributed by atoms with Crippen molar-refractivity contribution >= 4 is 5.82 Å². The van der Waals surface area contributed by atoms with E-state index in [0.29, 0.717) is 5.92 Å². The average Bonchev–Trinajstić information content (AvgIpc) is 2.40. The molecule has 2 N–H and O–H groups in total. The molecule has 1 unspecified atom stereocenters. The Morgan fingerprint density at radius 3 is 3.11 bits per heavy atom. The molecule has 1 aliphatic rings. The SMILES string of the molecule is C[C@H](N)c1cccnc1N(C)CC1CCCOC1. The fourth-order valence-electron chi connectivity index (χ4n) is 2.51. The topological polar surface area (TPSA) is 51.4 Å². The van der Waals surface area contributed by atoms with Crippen molar-refractivity contribution in [1.29, 1.82) is 0 Å². The Bertz CT molecular complexity index is 375. The number of nitrogens with two attached hydrogens (primary N) is 1. The summed E-state index contributed by atoms with van der Waals surface area (Å²) in [6, 6.07) is 4.01. The number of hydrogen-bond donors (Lipinski definition) is 1. The van der Waals surface area contributed by atoms with Crippen LogP contribution < -0.4 is 10.6 Å². The van der Waals surface area contributed by atoms with E-state index in [0.717, 1.165) is 31.1 Å². The maximum Gasteiger partial charge on any atom is 0.133 e. The summed E-state index contributed by atoms with van der Waals surface area (Å²) < 4.78 is 5.52. The second kappa shape index (κ2) is 6.16. The molecule has 1 saturated heterocycles. The third-order valence-corrected chi connectivity index (χ3v) is 3.46. The summed E-state index contributed by atoms with van der Waals surface area (Å²) in [6.45, 7) is 4.76. The minimum atomic E-state index is 0.0127. The Labute approximate surface area is 109 Å². The molecule has 1 aromatic rings. The molecule has 0 aliphatic carbocycles. The largest absolute Gasteiger partial charge is 0.381 e. The minimum Gasteiger partial charge on any atom is -0.381 e. The standard InChI is InChI=1S/C14H23N3O/c1-11(15)13-6-3-7-16-14(13)17(2)9-12-5-4-8-18-10-12/h3,6-7,11-12H,4-5,8-10,15H2,1-2H3/t11-,12?/m0/s1. The van der Waals surface area contributed by atoms with Crippen molar-refractivity contribution in [3.05, 3.63) is 23.9 Å². The normalized spacial score (nSPS) is 21.6. The van der Waals surface area contributed by atoms with Gasteiger partial charge in [0.15, 0.2) is 0 Å².